The lowest BCUT2D eigenvalue weighted by atomic mass is 10.1. The van der Waals surface area contributed by atoms with Crippen LogP contribution in [-0.2, 0) is 16.2 Å². The molecule has 5 nitrogen and oxygen atoms in total. The first kappa shape index (κ1) is 17.4. The Morgan fingerprint density at radius 1 is 1.38 bits per heavy atom. The van der Waals surface area contributed by atoms with Crippen molar-refractivity contribution >= 4 is 10.0 Å². The molecule has 0 unspecified atom stereocenters. The number of pyridine rings is 1. The van der Waals surface area contributed by atoms with E-state index in [0.717, 1.165) is 13.0 Å². The molecule has 1 rings (SSSR count). The van der Waals surface area contributed by atoms with Gasteiger partial charge in [0, 0.05) is 6.20 Å². The van der Waals surface area contributed by atoms with Crippen molar-refractivity contribution in [3.05, 3.63) is 23.5 Å². The number of nitrogens with zero attached hydrogens (tertiary/aromatic N) is 2. The van der Waals surface area contributed by atoms with Gasteiger partial charge in [-0.25, -0.2) is 8.42 Å². The predicted molar refractivity (Wildman–Crippen MR) is 68.5 cm³/mol. The largest absolute Gasteiger partial charge is 0.433 e. The highest BCUT2D eigenvalue weighted by Crippen LogP contribution is 2.30. The lowest BCUT2D eigenvalue weighted by Gasteiger charge is -2.16. The fourth-order valence-electron chi connectivity index (χ4n) is 1.54. The summed E-state index contributed by atoms with van der Waals surface area (Å²) in [5.74, 6) is -0.284. The van der Waals surface area contributed by atoms with Gasteiger partial charge in [0.2, 0.25) is 10.0 Å². The first-order valence-corrected chi connectivity index (χ1v) is 7.43. The zero-order valence-electron chi connectivity index (χ0n) is 11.6. The number of rotatable bonds is 4. The molecule has 1 aromatic rings. The highest BCUT2D eigenvalue weighted by Gasteiger charge is 2.35. The maximum Gasteiger partial charge on any atom is 0.433 e. The molecule has 0 aliphatic heterocycles. The van der Waals surface area contributed by atoms with Crippen LogP contribution in [0.15, 0.2) is 17.2 Å². The lowest BCUT2D eigenvalue weighted by Crippen LogP contribution is -2.37. The molecule has 0 saturated heterocycles. The summed E-state index contributed by atoms with van der Waals surface area (Å²) in [6.45, 7) is 4.42. The van der Waals surface area contributed by atoms with Crippen molar-refractivity contribution in [3.63, 3.8) is 0 Å². The van der Waals surface area contributed by atoms with Crippen molar-refractivity contribution in [1.29, 1.82) is 5.26 Å². The third-order valence-electron chi connectivity index (χ3n) is 2.72. The lowest BCUT2D eigenvalue weighted by molar-refractivity contribution is -0.141. The number of hydrogen-bond acceptors (Lipinski definition) is 4. The first-order valence-electron chi connectivity index (χ1n) is 5.95. The second-order valence-corrected chi connectivity index (χ2v) is 6.52. The quantitative estimate of drug-likeness (QED) is 0.922. The van der Waals surface area contributed by atoms with Crippen LogP contribution < -0.4 is 4.72 Å². The molecule has 0 aliphatic carbocycles. The van der Waals surface area contributed by atoms with E-state index in [2.05, 4.69) is 9.71 Å². The van der Waals surface area contributed by atoms with Gasteiger partial charge < -0.3 is 0 Å². The standard InChI is InChI=1S/C12H14F3N3O2S/c1-7(2)10(5-16)18-21(19,20)9-4-8(3)11(17-6-9)12(13,14)15/h4,6-7,10,18H,1-3H3/t10-/m0/s1. The van der Waals surface area contributed by atoms with Crippen LogP contribution in [-0.4, -0.2) is 19.4 Å². The second kappa shape index (κ2) is 5.99. The molecule has 1 aromatic heterocycles. The molecule has 0 saturated carbocycles. The molecular weight excluding hydrogens is 307 g/mol. The summed E-state index contributed by atoms with van der Waals surface area (Å²) in [4.78, 5) is 2.76. The third-order valence-corrected chi connectivity index (χ3v) is 4.13. The van der Waals surface area contributed by atoms with E-state index < -0.39 is 32.8 Å². The maximum atomic E-state index is 12.6. The van der Waals surface area contributed by atoms with Crippen LogP contribution in [0, 0.1) is 24.2 Å². The van der Waals surface area contributed by atoms with E-state index in [0.29, 0.717) is 6.20 Å². The number of nitriles is 1. The number of aryl methyl sites for hydroxylation is 1. The Bertz CT molecular complexity index is 663. The zero-order valence-corrected chi connectivity index (χ0v) is 12.4. The molecule has 0 aromatic carbocycles. The van der Waals surface area contributed by atoms with Crippen molar-refractivity contribution in [2.75, 3.05) is 0 Å². The summed E-state index contributed by atoms with van der Waals surface area (Å²) in [5, 5.41) is 8.87. The summed E-state index contributed by atoms with van der Waals surface area (Å²) in [6, 6.07) is 1.69. The van der Waals surface area contributed by atoms with Crippen LogP contribution in [0.2, 0.25) is 0 Å². The molecule has 0 spiro atoms. The molecule has 116 valence electrons. The summed E-state index contributed by atoms with van der Waals surface area (Å²) in [5.41, 5.74) is -1.44. The molecule has 0 radical (unpaired) electrons. The molecule has 0 fully saturated rings. The monoisotopic (exact) mass is 321 g/mol. The first-order chi connectivity index (χ1) is 9.49. The maximum absolute atomic E-state index is 12.6. The summed E-state index contributed by atoms with van der Waals surface area (Å²) >= 11 is 0. The smallest absolute Gasteiger partial charge is 0.250 e. The van der Waals surface area contributed by atoms with Gasteiger partial charge in [-0.15, -0.1) is 0 Å². The number of halogens is 3. The van der Waals surface area contributed by atoms with Gasteiger partial charge in [-0.3, -0.25) is 4.98 Å². The number of aromatic nitrogens is 1. The van der Waals surface area contributed by atoms with Gasteiger partial charge in [0.25, 0.3) is 0 Å². The van der Waals surface area contributed by atoms with E-state index in [9.17, 15) is 21.6 Å². The molecule has 1 N–H and O–H groups in total. The average Bonchev–Trinajstić information content (AvgIpc) is 2.33. The van der Waals surface area contributed by atoms with E-state index in [1.807, 2.05) is 0 Å². The summed E-state index contributed by atoms with van der Waals surface area (Å²) in [6.07, 6.45) is -4.01. The van der Waals surface area contributed by atoms with Crippen LogP contribution in [0.3, 0.4) is 0 Å². The van der Waals surface area contributed by atoms with Gasteiger partial charge >= 0.3 is 6.18 Å². The molecular formula is C12H14F3N3O2S. The molecule has 0 amide bonds. The highest BCUT2D eigenvalue weighted by molar-refractivity contribution is 7.89. The Hall–Kier alpha value is -1.66. The van der Waals surface area contributed by atoms with Crippen LogP contribution in [0.1, 0.15) is 25.1 Å². The van der Waals surface area contributed by atoms with E-state index in [1.165, 1.54) is 0 Å². The van der Waals surface area contributed by atoms with Crippen molar-refractivity contribution in [1.82, 2.24) is 9.71 Å². The number of sulfonamides is 1. The van der Waals surface area contributed by atoms with Crippen LogP contribution in [0.5, 0.6) is 0 Å². The number of nitrogens with one attached hydrogen (secondary N) is 1. The van der Waals surface area contributed by atoms with Crippen LogP contribution in [0.25, 0.3) is 0 Å². The fraction of sp³-hybridized carbons (Fsp3) is 0.500. The van der Waals surface area contributed by atoms with Crippen molar-refractivity contribution < 1.29 is 21.6 Å². The van der Waals surface area contributed by atoms with Gasteiger partial charge in [-0.1, -0.05) is 13.8 Å². The summed E-state index contributed by atoms with van der Waals surface area (Å²) < 4.78 is 63.9. The van der Waals surface area contributed by atoms with Crippen LogP contribution in [0.4, 0.5) is 13.2 Å². The topological polar surface area (TPSA) is 82.9 Å². The Kier molecular flexibility index (Phi) is 4.96. The Balaban J connectivity index is 3.17. The zero-order chi connectivity index (χ0) is 16.4. The summed E-state index contributed by atoms with van der Waals surface area (Å²) in [7, 11) is -4.10. The van der Waals surface area contributed by atoms with Gasteiger partial charge in [-0.2, -0.15) is 23.2 Å². The molecule has 9 heteroatoms. The number of hydrogen-bond donors (Lipinski definition) is 1. The van der Waals surface area contributed by atoms with Gasteiger partial charge in [-0.05, 0) is 24.5 Å². The third kappa shape index (κ3) is 4.15. The molecule has 0 aliphatic rings. The average molecular weight is 321 g/mol. The second-order valence-electron chi connectivity index (χ2n) is 4.81. The van der Waals surface area contributed by atoms with Crippen LogP contribution >= 0.6 is 0 Å². The minimum absolute atomic E-state index is 0.284. The van der Waals surface area contributed by atoms with Gasteiger partial charge in [0.05, 0.1) is 6.07 Å². The minimum atomic E-state index is -4.65. The van der Waals surface area contributed by atoms with E-state index in [4.69, 9.17) is 5.26 Å². The Morgan fingerprint density at radius 2 is 1.95 bits per heavy atom. The van der Waals surface area contributed by atoms with Gasteiger partial charge in [0.1, 0.15) is 16.6 Å². The van der Waals surface area contributed by atoms with E-state index >= 15 is 0 Å². The Labute approximate surface area is 120 Å². The molecule has 1 heterocycles. The molecule has 1 atom stereocenters. The number of alkyl halides is 3. The van der Waals surface area contributed by atoms with E-state index in [1.54, 1.807) is 19.9 Å². The Morgan fingerprint density at radius 3 is 2.33 bits per heavy atom. The van der Waals surface area contributed by atoms with Crippen molar-refractivity contribution in [3.8, 4) is 6.07 Å². The molecule has 21 heavy (non-hydrogen) atoms. The normalized spacial score (nSPS) is 14.0. The van der Waals surface area contributed by atoms with Gasteiger partial charge in [0.15, 0.2) is 0 Å². The SMILES string of the molecule is Cc1cc(S(=O)(=O)N[C@@H](C#N)C(C)C)cnc1C(F)(F)F. The minimum Gasteiger partial charge on any atom is -0.250 e. The van der Waals surface area contributed by atoms with Crippen molar-refractivity contribution in [2.45, 2.75) is 37.9 Å². The fourth-order valence-corrected chi connectivity index (χ4v) is 2.86. The van der Waals surface area contributed by atoms with E-state index in [-0.39, 0.29) is 11.5 Å². The predicted octanol–water partition coefficient (Wildman–Crippen LogP) is 2.24. The molecule has 0 bridgehead atoms. The highest BCUT2D eigenvalue weighted by atomic mass is 32.2. The van der Waals surface area contributed by atoms with Crippen molar-refractivity contribution in [2.24, 2.45) is 5.92 Å².